The topological polar surface area (TPSA) is 29.3 Å². The molecule has 1 aromatic carbocycles. The summed E-state index contributed by atoms with van der Waals surface area (Å²) in [5, 5.41) is 0. The van der Waals surface area contributed by atoms with Crippen LogP contribution in [0.15, 0.2) is 24.3 Å². The van der Waals surface area contributed by atoms with Crippen molar-refractivity contribution in [1.29, 1.82) is 0 Å². The first-order valence-electron chi connectivity index (χ1n) is 7.82. The van der Waals surface area contributed by atoms with Gasteiger partial charge in [-0.1, -0.05) is 44.0 Å². The Morgan fingerprint density at radius 1 is 1.16 bits per heavy atom. The monoisotopic (exact) mass is 258 g/mol. The third-order valence-corrected chi connectivity index (χ3v) is 5.28. The van der Waals surface area contributed by atoms with Crippen LogP contribution in [-0.2, 0) is 13.1 Å². The van der Waals surface area contributed by atoms with Crippen LogP contribution in [0.4, 0.5) is 0 Å². The van der Waals surface area contributed by atoms with Crippen molar-refractivity contribution < 1.29 is 0 Å². The molecule has 1 aliphatic carbocycles. The van der Waals surface area contributed by atoms with Crippen LogP contribution in [0.25, 0.3) is 0 Å². The molecule has 1 fully saturated rings. The lowest BCUT2D eigenvalue weighted by molar-refractivity contribution is 0.0783. The van der Waals surface area contributed by atoms with Gasteiger partial charge in [0, 0.05) is 19.1 Å². The van der Waals surface area contributed by atoms with E-state index in [1.807, 2.05) is 0 Å². The summed E-state index contributed by atoms with van der Waals surface area (Å²) in [5.41, 5.74) is 9.08. The fraction of sp³-hybridized carbons (Fsp3) is 0.647. The molecule has 3 rings (SSSR count). The van der Waals surface area contributed by atoms with Gasteiger partial charge in [-0.3, -0.25) is 4.90 Å². The average molecular weight is 258 g/mol. The van der Waals surface area contributed by atoms with Gasteiger partial charge in [-0.25, -0.2) is 0 Å². The maximum absolute atomic E-state index is 6.03. The number of nitrogens with two attached hydrogens (primary N) is 1. The van der Waals surface area contributed by atoms with Gasteiger partial charge < -0.3 is 5.73 Å². The van der Waals surface area contributed by atoms with Crippen LogP contribution in [0.1, 0.15) is 43.7 Å². The zero-order valence-electron chi connectivity index (χ0n) is 12.0. The van der Waals surface area contributed by atoms with Gasteiger partial charge in [0.25, 0.3) is 0 Å². The van der Waals surface area contributed by atoms with E-state index >= 15 is 0 Å². The van der Waals surface area contributed by atoms with Crippen LogP contribution < -0.4 is 5.73 Å². The maximum Gasteiger partial charge on any atom is 0.0243 e. The van der Waals surface area contributed by atoms with Crippen LogP contribution in [0.3, 0.4) is 0 Å². The molecule has 0 spiro atoms. The standard InChI is InChI=1S/C17H26N2/c1-2-13-7-8-14(10-18)17(9-13)19-11-15-5-3-4-6-16(15)12-19/h3-6,13-14,17H,2,7-12,18H2,1H3. The van der Waals surface area contributed by atoms with Crippen molar-refractivity contribution in [3.05, 3.63) is 35.4 Å². The zero-order chi connectivity index (χ0) is 13.2. The molecule has 2 heteroatoms. The van der Waals surface area contributed by atoms with Crippen molar-refractivity contribution in [2.45, 2.75) is 51.7 Å². The van der Waals surface area contributed by atoms with E-state index in [-0.39, 0.29) is 0 Å². The molecule has 0 aromatic heterocycles. The number of hydrogen-bond acceptors (Lipinski definition) is 2. The predicted molar refractivity (Wildman–Crippen MR) is 79.7 cm³/mol. The molecule has 1 saturated carbocycles. The Bertz CT molecular complexity index is 404. The van der Waals surface area contributed by atoms with Gasteiger partial charge >= 0.3 is 0 Å². The zero-order valence-corrected chi connectivity index (χ0v) is 12.0. The quantitative estimate of drug-likeness (QED) is 0.902. The Morgan fingerprint density at radius 2 is 1.84 bits per heavy atom. The van der Waals surface area contributed by atoms with Gasteiger partial charge in [0.2, 0.25) is 0 Å². The molecular formula is C17H26N2. The molecule has 1 heterocycles. The van der Waals surface area contributed by atoms with Gasteiger partial charge in [0.15, 0.2) is 0 Å². The maximum atomic E-state index is 6.03. The van der Waals surface area contributed by atoms with Crippen molar-refractivity contribution >= 4 is 0 Å². The van der Waals surface area contributed by atoms with Crippen LogP contribution >= 0.6 is 0 Å². The molecule has 2 N–H and O–H groups in total. The highest BCUT2D eigenvalue weighted by Crippen LogP contribution is 2.37. The average Bonchev–Trinajstić information content (AvgIpc) is 2.90. The third-order valence-electron chi connectivity index (χ3n) is 5.28. The second-order valence-corrected chi connectivity index (χ2v) is 6.32. The Labute approximate surface area is 117 Å². The number of rotatable bonds is 3. The van der Waals surface area contributed by atoms with Crippen molar-refractivity contribution in [3.63, 3.8) is 0 Å². The molecule has 3 unspecified atom stereocenters. The molecule has 0 bridgehead atoms. The summed E-state index contributed by atoms with van der Waals surface area (Å²) in [4.78, 5) is 2.68. The fourth-order valence-corrected chi connectivity index (χ4v) is 3.98. The first kappa shape index (κ1) is 13.1. The largest absolute Gasteiger partial charge is 0.330 e. The van der Waals surface area contributed by atoms with Gasteiger partial charge in [-0.15, -0.1) is 0 Å². The molecule has 0 radical (unpaired) electrons. The van der Waals surface area contributed by atoms with E-state index in [1.54, 1.807) is 0 Å². The summed E-state index contributed by atoms with van der Waals surface area (Å²) in [6, 6.07) is 9.60. The van der Waals surface area contributed by atoms with Crippen LogP contribution in [-0.4, -0.2) is 17.5 Å². The van der Waals surface area contributed by atoms with E-state index in [4.69, 9.17) is 5.73 Å². The lowest BCUT2D eigenvalue weighted by Crippen LogP contribution is -2.44. The molecular weight excluding hydrogens is 232 g/mol. The van der Waals surface area contributed by atoms with Crippen molar-refractivity contribution in [2.24, 2.45) is 17.6 Å². The lowest BCUT2D eigenvalue weighted by atomic mass is 9.76. The minimum absolute atomic E-state index is 0.705. The Kier molecular flexibility index (Phi) is 3.90. The van der Waals surface area contributed by atoms with E-state index in [9.17, 15) is 0 Å². The second kappa shape index (κ2) is 5.64. The van der Waals surface area contributed by atoms with Gasteiger partial charge in [-0.05, 0) is 42.3 Å². The molecule has 104 valence electrons. The van der Waals surface area contributed by atoms with E-state index < -0.39 is 0 Å². The highest BCUT2D eigenvalue weighted by atomic mass is 15.2. The van der Waals surface area contributed by atoms with Crippen molar-refractivity contribution in [1.82, 2.24) is 4.90 Å². The minimum Gasteiger partial charge on any atom is -0.330 e. The molecule has 19 heavy (non-hydrogen) atoms. The summed E-state index contributed by atoms with van der Waals surface area (Å²) in [6.45, 7) is 5.46. The highest BCUT2D eigenvalue weighted by Gasteiger charge is 2.35. The first-order valence-corrected chi connectivity index (χ1v) is 7.82. The summed E-state index contributed by atoms with van der Waals surface area (Å²) in [7, 11) is 0. The summed E-state index contributed by atoms with van der Waals surface area (Å²) in [6.07, 6.45) is 5.39. The Morgan fingerprint density at radius 3 is 2.42 bits per heavy atom. The summed E-state index contributed by atoms with van der Waals surface area (Å²) in [5.74, 6) is 1.62. The number of nitrogens with zero attached hydrogens (tertiary/aromatic N) is 1. The third kappa shape index (κ3) is 2.56. The smallest absolute Gasteiger partial charge is 0.0243 e. The minimum atomic E-state index is 0.705. The van der Waals surface area contributed by atoms with E-state index in [0.29, 0.717) is 12.0 Å². The molecule has 2 aliphatic rings. The Hall–Kier alpha value is -0.860. The fourth-order valence-electron chi connectivity index (χ4n) is 3.98. The number of hydrogen-bond donors (Lipinski definition) is 1. The predicted octanol–water partition coefficient (Wildman–Crippen LogP) is 3.16. The normalized spacial score (nSPS) is 31.4. The highest BCUT2D eigenvalue weighted by molar-refractivity contribution is 5.30. The van der Waals surface area contributed by atoms with E-state index in [1.165, 1.54) is 36.8 Å². The molecule has 1 aromatic rings. The van der Waals surface area contributed by atoms with E-state index in [2.05, 4.69) is 36.1 Å². The number of fused-ring (bicyclic) bond motifs is 1. The van der Waals surface area contributed by atoms with E-state index in [0.717, 1.165) is 25.6 Å². The first-order chi connectivity index (χ1) is 9.31. The summed E-state index contributed by atoms with van der Waals surface area (Å²) < 4.78 is 0. The van der Waals surface area contributed by atoms with Crippen LogP contribution in [0, 0.1) is 11.8 Å². The van der Waals surface area contributed by atoms with Gasteiger partial charge in [-0.2, -0.15) is 0 Å². The van der Waals surface area contributed by atoms with Crippen molar-refractivity contribution in [2.75, 3.05) is 6.54 Å². The van der Waals surface area contributed by atoms with Gasteiger partial charge in [0.05, 0.1) is 0 Å². The van der Waals surface area contributed by atoms with Crippen molar-refractivity contribution in [3.8, 4) is 0 Å². The molecule has 0 saturated heterocycles. The second-order valence-electron chi connectivity index (χ2n) is 6.32. The SMILES string of the molecule is CCC1CCC(CN)C(N2Cc3ccccc3C2)C1. The summed E-state index contributed by atoms with van der Waals surface area (Å²) >= 11 is 0. The molecule has 2 nitrogen and oxygen atoms in total. The van der Waals surface area contributed by atoms with Crippen LogP contribution in [0.2, 0.25) is 0 Å². The van der Waals surface area contributed by atoms with Gasteiger partial charge in [0.1, 0.15) is 0 Å². The van der Waals surface area contributed by atoms with Crippen LogP contribution in [0.5, 0.6) is 0 Å². The Balaban J connectivity index is 1.74. The number of benzene rings is 1. The molecule has 3 atom stereocenters. The molecule has 1 aliphatic heterocycles. The molecule has 0 amide bonds. The lowest BCUT2D eigenvalue weighted by Gasteiger charge is -2.40.